The molecular weight excluding hydrogens is 481 g/mol. The molecule has 1 aromatic heterocycles. The summed E-state index contributed by atoms with van der Waals surface area (Å²) in [4.78, 5) is 24.9. The Morgan fingerprint density at radius 2 is 1.85 bits per heavy atom. The minimum absolute atomic E-state index is 0.117. The largest absolute Gasteiger partial charge is 0.345 e. The lowest BCUT2D eigenvalue weighted by molar-refractivity contribution is -0.113. The fourth-order valence-electron chi connectivity index (χ4n) is 3.20. The van der Waals surface area contributed by atoms with Gasteiger partial charge in [-0.1, -0.05) is 67.0 Å². The molecular formula is C23H25Cl2N5O2S. The molecule has 0 aliphatic rings. The highest BCUT2D eigenvalue weighted by Crippen LogP contribution is 2.25. The second kappa shape index (κ2) is 11.5. The van der Waals surface area contributed by atoms with E-state index in [1.807, 2.05) is 35.8 Å². The lowest BCUT2D eigenvalue weighted by Gasteiger charge is -2.13. The van der Waals surface area contributed by atoms with Gasteiger partial charge in [0.25, 0.3) is 5.91 Å². The topological polar surface area (TPSA) is 88.9 Å². The van der Waals surface area contributed by atoms with E-state index in [0.29, 0.717) is 39.1 Å². The van der Waals surface area contributed by atoms with Gasteiger partial charge in [0.05, 0.1) is 22.3 Å². The monoisotopic (exact) mass is 505 g/mol. The van der Waals surface area contributed by atoms with Crippen LogP contribution in [-0.4, -0.2) is 32.3 Å². The molecule has 0 atom stereocenters. The van der Waals surface area contributed by atoms with Gasteiger partial charge in [-0.2, -0.15) is 0 Å². The molecule has 0 spiro atoms. The minimum Gasteiger partial charge on any atom is -0.345 e. The van der Waals surface area contributed by atoms with Crippen LogP contribution in [0.15, 0.2) is 47.6 Å². The molecule has 1 heterocycles. The summed E-state index contributed by atoms with van der Waals surface area (Å²) < 4.78 is 1.87. The Kier molecular flexibility index (Phi) is 8.77. The first-order valence-electron chi connectivity index (χ1n) is 10.5. The number of hydrogen-bond donors (Lipinski definition) is 2. The van der Waals surface area contributed by atoms with Crippen molar-refractivity contribution >= 4 is 52.5 Å². The van der Waals surface area contributed by atoms with Crippen molar-refractivity contribution in [2.45, 2.75) is 44.9 Å². The fourth-order valence-corrected chi connectivity index (χ4v) is 4.32. The third-order valence-electron chi connectivity index (χ3n) is 4.89. The van der Waals surface area contributed by atoms with Crippen LogP contribution in [-0.2, 0) is 17.9 Å². The molecule has 174 valence electrons. The van der Waals surface area contributed by atoms with E-state index in [2.05, 4.69) is 34.7 Å². The van der Waals surface area contributed by atoms with Crippen molar-refractivity contribution in [1.82, 2.24) is 20.1 Å². The normalized spacial score (nSPS) is 11.0. The molecule has 0 saturated heterocycles. The molecule has 0 fully saturated rings. The molecule has 10 heteroatoms. The van der Waals surface area contributed by atoms with E-state index < -0.39 is 0 Å². The molecule has 0 radical (unpaired) electrons. The lowest BCUT2D eigenvalue weighted by Crippen LogP contribution is -2.24. The van der Waals surface area contributed by atoms with E-state index in [1.54, 1.807) is 12.1 Å². The smallest absolute Gasteiger partial charge is 0.251 e. The summed E-state index contributed by atoms with van der Waals surface area (Å²) in [5, 5.41) is 15.5. The summed E-state index contributed by atoms with van der Waals surface area (Å²) in [6.07, 6.45) is 0. The van der Waals surface area contributed by atoms with Gasteiger partial charge >= 0.3 is 0 Å². The van der Waals surface area contributed by atoms with Gasteiger partial charge in [0.1, 0.15) is 0 Å². The number of carbonyl (C=O) groups is 2. The first-order chi connectivity index (χ1) is 15.8. The van der Waals surface area contributed by atoms with Gasteiger partial charge in [0.15, 0.2) is 11.0 Å². The van der Waals surface area contributed by atoms with Crippen LogP contribution in [0.3, 0.4) is 0 Å². The Morgan fingerprint density at radius 1 is 1.09 bits per heavy atom. The minimum atomic E-state index is -0.295. The molecule has 2 N–H and O–H groups in total. The molecule has 2 amide bonds. The van der Waals surface area contributed by atoms with Crippen molar-refractivity contribution < 1.29 is 9.59 Å². The van der Waals surface area contributed by atoms with E-state index in [0.717, 1.165) is 11.3 Å². The van der Waals surface area contributed by atoms with Gasteiger partial charge < -0.3 is 15.2 Å². The number of carbonyl (C=O) groups excluding carboxylic acids is 2. The zero-order valence-corrected chi connectivity index (χ0v) is 20.9. The van der Waals surface area contributed by atoms with Gasteiger partial charge in [0.2, 0.25) is 5.91 Å². The summed E-state index contributed by atoms with van der Waals surface area (Å²) in [7, 11) is 0. The Balaban J connectivity index is 1.59. The van der Waals surface area contributed by atoms with Gasteiger partial charge in [-0.05, 0) is 42.7 Å². The van der Waals surface area contributed by atoms with E-state index >= 15 is 0 Å². The van der Waals surface area contributed by atoms with Crippen LogP contribution in [0.2, 0.25) is 10.0 Å². The van der Waals surface area contributed by atoms with E-state index in [1.165, 1.54) is 17.8 Å². The number of rotatable bonds is 9. The summed E-state index contributed by atoms with van der Waals surface area (Å²) in [5.74, 6) is 0.683. The van der Waals surface area contributed by atoms with Crippen LogP contribution in [0.25, 0.3) is 0 Å². The number of nitrogens with one attached hydrogen (secondary N) is 2. The van der Waals surface area contributed by atoms with Gasteiger partial charge in [-0.25, -0.2) is 0 Å². The number of anilines is 1. The quantitative estimate of drug-likeness (QED) is 0.380. The predicted molar refractivity (Wildman–Crippen MR) is 133 cm³/mol. The number of nitrogens with zero attached hydrogens (tertiary/aromatic N) is 3. The van der Waals surface area contributed by atoms with Gasteiger partial charge in [-0.15, -0.1) is 10.2 Å². The number of para-hydroxylation sites is 1. The maximum atomic E-state index is 12.5. The van der Waals surface area contributed by atoms with E-state index in [9.17, 15) is 9.59 Å². The highest BCUT2D eigenvalue weighted by molar-refractivity contribution is 7.99. The van der Waals surface area contributed by atoms with Crippen LogP contribution >= 0.6 is 35.0 Å². The van der Waals surface area contributed by atoms with Crippen LogP contribution < -0.4 is 10.6 Å². The molecule has 0 bridgehead atoms. The molecule has 0 saturated carbocycles. The second-order valence-corrected chi connectivity index (χ2v) is 9.29. The first-order valence-corrected chi connectivity index (χ1v) is 12.2. The molecule has 7 nitrogen and oxygen atoms in total. The average Bonchev–Trinajstić information content (AvgIpc) is 3.19. The SMILES string of the molecule is CCn1c(CNC(=O)c2ccc(Cl)c(Cl)c2)nnc1SCC(=O)Nc1ccccc1C(C)C. The Morgan fingerprint density at radius 3 is 2.55 bits per heavy atom. The number of thioether (sulfide) groups is 1. The maximum absolute atomic E-state index is 12.5. The average molecular weight is 506 g/mol. The standard InChI is InChI=1S/C23H25Cl2N5O2S/c1-4-30-20(12-26-22(32)15-9-10-17(24)18(25)11-15)28-29-23(30)33-13-21(31)27-19-8-6-5-7-16(19)14(2)3/h5-11,14H,4,12-13H2,1-3H3,(H,26,32)(H,27,31). The number of benzene rings is 2. The van der Waals surface area contributed by atoms with Gasteiger partial charge in [0, 0.05) is 17.8 Å². The Labute approximate surface area is 207 Å². The van der Waals surface area contributed by atoms with Crippen molar-refractivity contribution in [3.63, 3.8) is 0 Å². The molecule has 33 heavy (non-hydrogen) atoms. The summed E-state index contributed by atoms with van der Waals surface area (Å²) in [6, 6.07) is 12.5. The number of hydrogen-bond acceptors (Lipinski definition) is 5. The molecule has 0 aliphatic heterocycles. The van der Waals surface area contributed by atoms with Crippen molar-refractivity contribution in [3.05, 3.63) is 69.5 Å². The van der Waals surface area contributed by atoms with Crippen LogP contribution in [0.1, 0.15) is 48.4 Å². The Hall–Kier alpha value is -2.55. The zero-order valence-electron chi connectivity index (χ0n) is 18.6. The van der Waals surface area contributed by atoms with E-state index in [4.69, 9.17) is 23.2 Å². The van der Waals surface area contributed by atoms with Crippen molar-refractivity contribution in [1.29, 1.82) is 0 Å². The third kappa shape index (κ3) is 6.50. The number of halogens is 2. The number of amides is 2. The zero-order chi connectivity index (χ0) is 24.0. The molecule has 0 aliphatic carbocycles. The lowest BCUT2D eigenvalue weighted by atomic mass is 10.0. The van der Waals surface area contributed by atoms with Crippen LogP contribution in [0.5, 0.6) is 0 Å². The van der Waals surface area contributed by atoms with Crippen LogP contribution in [0, 0.1) is 0 Å². The predicted octanol–water partition coefficient (Wildman–Crippen LogP) is 5.39. The summed E-state index contributed by atoms with van der Waals surface area (Å²) in [5.41, 5.74) is 2.31. The van der Waals surface area contributed by atoms with Crippen LogP contribution in [0.4, 0.5) is 5.69 Å². The molecule has 3 rings (SSSR count). The molecule has 0 unspecified atom stereocenters. The van der Waals surface area contributed by atoms with Crippen molar-refractivity contribution in [2.24, 2.45) is 0 Å². The summed E-state index contributed by atoms with van der Waals surface area (Å²) >= 11 is 13.2. The maximum Gasteiger partial charge on any atom is 0.251 e. The van der Waals surface area contributed by atoms with Gasteiger partial charge in [-0.3, -0.25) is 9.59 Å². The third-order valence-corrected chi connectivity index (χ3v) is 6.59. The highest BCUT2D eigenvalue weighted by atomic mass is 35.5. The Bertz CT molecular complexity index is 1150. The summed E-state index contributed by atoms with van der Waals surface area (Å²) in [6.45, 7) is 6.92. The second-order valence-electron chi connectivity index (χ2n) is 7.53. The van der Waals surface area contributed by atoms with E-state index in [-0.39, 0.29) is 24.1 Å². The molecule has 2 aromatic carbocycles. The fraction of sp³-hybridized carbons (Fsp3) is 0.304. The van der Waals surface area contributed by atoms with Crippen molar-refractivity contribution in [2.75, 3.05) is 11.1 Å². The molecule has 3 aromatic rings. The van der Waals surface area contributed by atoms with Crippen molar-refractivity contribution in [3.8, 4) is 0 Å². The highest BCUT2D eigenvalue weighted by Gasteiger charge is 2.16. The number of aromatic nitrogens is 3. The first kappa shape index (κ1) is 25.1.